The summed E-state index contributed by atoms with van der Waals surface area (Å²) < 4.78 is 38.6. The smallest absolute Gasteiger partial charge is 0.307 e. The molecule has 1 rings (SSSR count). The molecule has 0 bridgehead atoms. The zero-order valence-electron chi connectivity index (χ0n) is 10.6. The molecule has 2 unspecified atom stereocenters. The fourth-order valence-corrected chi connectivity index (χ4v) is 2.93. The van der Waals surface area contributed by atoms with Crippen molar-refractivity contribution in [2.45, 2.75) is 25.6 Å². The lowest BCUT2D eigenvalue weighted by Gasteiger charge is -2.17. The number of hydrogen-bond acceptors (Lipinski definition) is 3. The second-order valence-electron chi connectivity index (χ2n) is 4.42. The lowest BCUT2D eigenvalue weighted by Crippen LogP contribution is -2.40. The molecule has 0 heterocycles. The summed E-state index contributed by atoms with van der Waals surface area (Å²) in [5, 5.41) is 8.79. The van der Waals surface area contributed by atoms with Gasteiger partial charge in [-0.25, -0.2) is 17.5 Å². The highest BCUT2D eigenvalue weighted by Crippen LogP contribution is 2.09. The molecule has 0 saturated carbocycles. The Morgan fingerprint density at radius 2 is 1.84 bits per heavy atom. The highest BCUT2D eigenvalue weighted by Gasteiger charge is 2.24. The first kappa shape index (κ1) is 15.6. The zero-order valence-corrected chi connectivity index (χ0v) is 11.4. The number of rotatable bonds is 6. The topological polar surface area (TPSA) is 83.5 Å². The van der Waals surface area contributed by atoms with E-state index in [9.17, 15) is 17.6 Å². The van der Waals surface area contributed by atoms with E-state index < -0.39 is 33.8 Å². The van der Waals surface area contributed by atoms with Crippen molar-refractivity contribution < 1.29 is 22.7 Å². The summed E-state index contributed by atoms with van der Waals surface area (Å²) in [5.41, 5.74) is 0.434. The summed E-state index contributed by atoms with van der Waals surface area (Å²) in [7, 11) is -3.66. The van der Waals surface area contributed by atoms with Crippen molar-refractivity contribution in [3.63, 3.8) is 0 Å². The van der Waals surface area contributed by atoms with Crippen LogP contribution < -0.4 is 4.72 Å². The highest BCUT2D eigenvalue weighted by molar-refractivity contribution is 7.88. The number of carboxylic acids is 1. The zero-order chi connectivity index (χ0) is 14.6. The van der Waals surface area contributed by atoms with E-state index in [1.165, 1.54) is 38.1 Å². The van der Waals surface area contributed by atoms with Crippen LogP contribution in [0.15, 0.2) is 24.3 Å². The maximum atomic E-state index is 12.7. The summed E-state index contributed by atoms with van der Waals surface area (Å²) >= 11 is 0. The van der Waals surface area contributed by atoms with Gasteiger partial charge in [-0.05, 0) is 24.6 Å². The first-order chi connectivity index (χ1) is 8.71. The van der Waals surface area contributed by atoms with E-state index in [0.717, 1.165) is 0 Å². The molecule has 1 aromatic carbocycles. The third kappa shape index (κ3) is 4.96. The Balaban J connectivity index is 2.71. The van der Waals surface area contributed by atoms with Gasteiger partial charge in [0.05, 0.1) is 11.7 Å². The molecule has 7 heteroatoms. The Hall–Kier alpha value is -1.47. The lowest BCUT2D eigenvalue weighted by molar-refractivity contribution is -0.141. The van der Waals surface area contributed by atoms with Gasteiger partial charge in [0, 0.05) is 6.04 Å². The van der Waals surface area contributed by atoms with E-state index >= 15 is 0 Å². The third-order valence-electron chi connectivity index (χ3n) is 2.77. The second kappa shape index (κ2) is 6.12. The number of aliphatic carboxylic acids is 1. The molecule has 0 aliphatic rings. The van der Waals surface area contributed by atoms with E-state index in [1.807, 2.05) is 0 Å². The minimum absolute atomic E-state index is 0.316. The van der Waals surface area contributed by atoms with Gasteiger partial charge in [0.2, 0.25) is 10.0 Å². The molecule has 19 heavy (non-hydrogen) atoms. The Bertz CT molecular complexity index is 541. The van der Waals surface area contributed by atoms with Crippen molar-refractivity contribution in [2.75, 3.05) is 0 Å². The van der Waals surface area contributed by atoms with Gasteiger partial charge in [-0.2, -0.15) is 0 Å². The number of hydrogen-bond donors (Lipinski definition) is 2. The van der Waals surface area contributed by atoms with Crippen LogP contribution in [0.4, 0.5) is 4.39 Å². The van der Waals surface area contributed by atoms with Gasteiger partial charge in [-0.3, -0.25) is 4.79 Å². The minimum atomic E-state index is -3.66. The minimum Gasteiger partial charge on any atom is -0.481 e. The Morgan fingerprint density at radius 3 is 2.32 bits per heavy atom. The Morgan fingerprint density at radius 1 is 1.32 bits per heavy atom. The van der Waals surface area contributed by atoms with Crippen molar-refractivity contribution >= 4 is 16.0 Å². The van der Waals surface area contributed by atoms with Crippen LogP contribution in [0.1, 0.15) is 19.4 Å². The normalized spacial score (nSPS) is 14.9. The number of benzene rings is 1. The Kier molecular flexibility index (Phi) is 5.02. The van der Waals surface area contributed by atoms with Crippen molar-refractivity contribution in [3.05, 3.63) is 35.6 Å². The van der Waals surface area contributed by atoms with Crippen LogP contribution in [-0.2, 0) is 20.6 Å². The number of carbonyl (C=O) groups is 1. The summed E-state index contributed by atoms with van der Waals surface area (Å²) in [4.78, 5) is 10.7. The van der Waals surface area contributed by atoms with Gasteiger partial charge in [-0.1, -0.05) is 19.1 Å². The SMILES string of the molecule is CC(NS(=O)(=O)Cc1ccc(F)cc1)C(C)C(=O)O. The second-order valence-corrected chi connectivity index (χ2v) is 6.17. The number of halogens is 1. The van der Waals surface area contributed by atoms with Crippen LogP contribution in [0.2, 0.25) is 0 Å². The third-order valence-corrected chi connectivity index (χ3v) is 4.22. The number of nitrogens with one attached hydrogen (secondary N) is 1. The molecule has 5 nitrogen and oxygen atoms in total. The molecule has 0 saturated heterocycles. The van der Waals surface area contributed by atoms with Crippen LogP contribution in [0.3, 0.4) is 0 Å². The largest absolute Gasteiger partial charge is 0.481 e. The predicted octanol–water partition coefficient (Wildman–Crippen LogP) is 1.35. The van der Waals surface area contributed by atoms with Crippen LogP contribution in [-0.4, -0.2) is 25.5 Å². The summed E-state index contributed by atoms with van der Waals surface area (Å²) in [6, 6.07) is 4.38. The summed E-state index contributed by atoms with van der Waals surface area (Å²) in [6.07, 6.45) is 0. The molecular formula is C12H16FNO4S. The van der Waals surface area contributed by atoms with Gasteiger partial charge in [-0.15, -0.1) is 0 Å². The van der Waals surface area contributed by atoms with E-state index in [0.29, 0.717) is 5.56 Å². The van der Waals surface area contributed by atoms with E-state index in [4.69, 9.17) is 5.11 Å². The number of sulfonamides is 1. The predicted molar refractivity (Wildman–Crippen MR) is 68.4 cm³/mol. The van der Waals surface area contributed by atoms with E-state index in [2.05, 4.69) is 4.72 Å². The van der Waals surface area contributed by atoms with E-state index in [1.54, 1.807) is 0 Å². The van der Waals surface area contributed by atoms with Gasteiger partial charge in [0.15, 0.2) is 0 Å². The van der Waals surface area contributed by atoms with Crippen LogP contribution in [0.25, 0.3) is 0 Å². The molecule has 0 fully saturated rings. The van der Waals surface area contributed by atoms with Crippen molar-refractivity contribution in [3.8, 4) is 0 Å². The first-order valence-electron chi connectivity index (χ1n) is 5.68. The van der Waals surface area contributed by atoms with Crippen LogP contribution >= 0.6 is 0 Å². The molecular weight excluding hydrogens is 273 g/mol. The average molecular weight is 289 g/mol. The number of carboxylic acid groups (broad SMARTS) is 1. The molecule has 1 aromatic rings. The molecule has 106 valence electrons. The standard InChI is InChI=1S/C12H16FNO4S/c1-8(12(15)16)9(2)14-19(17,18)7-10-3-5-11(13)6-4-10/h3-6,8-9,14H,7H2,1-2H3,(H,15,16). The fourth-order valence-electron chi connectivity index (χ4n) is 1.44. The molecule has 0 amide bonds. The Labute approximate surface area is 111 Å². The molecule has 0 spiro atoms. The quantitative estimate of drug-likeness (QED) is 0.828. The molecule has 0 radical (unpaired) electrons. The monoisotopic (exact) mass is 289 g/mol. The van der Waals surface area contributed by atoms with Crippen molar-refractivity contribution in [2.24, 2.45) is 5.92 Å². The molecule has 2 atom stereocenters. The van der Waals surface area contributed by atoms with Gasteiger partial charge >= 0.3 is 5.97 Å². The maximum absolute atomic E-state index is 12.7. The molecule has 0 aliphatic heterocycles. The average Bonchev–Trinajstić information content (AvgIpc) is 2.30. The summed E-state index contributed by atoms with van der Waals surface area (Å²) in [6.45, 7) is 2.91. The van der Waals surface area contributed by atoms with Crippen LogP contribution in [0.5, 0.6) is 0 Å². The first-order valence-corrected chi connectivity index (χ1v) is 7.34. The van der Waals surface area contributed by atoms with Crippen molar-refractivity contribution in [1.82, 2.24) is 4.72 Å². The van der Waals surface area contributed by atoms with Crippen LogP contribution in [0, 0.1) is 11.7 Å². The molecule has 0 aliphatic carbocycles. The summed E-state index contributed by atoms with van der Waals surface area (Å²) in [5.74, 6) is -2.66. The van der Waals surface area contributed by atoms with Gasteiger partial charge in [0.1, 0.15) is 5.82 Å². The van der Waals surface area contributed by atoms with E-state index in [-0.39, 0.29) is 5.75 Å². The maximum Gasteiger partial charge on any atom is 0.307 e. The molecule has 2 N–H and O–H groups in total. The highest BCUT2D eigenvalue weighted by atomic mass is 32.2. The van der Waals surface area contributed by atoms with Gasteiger partial charge < -0.3 is 5.11 Å². The fraction of sp³-hybridized carbons (Fsp3) is 0.417. The van der Waals surface area contributed by atoms with Crippen molar-refractivity contribution in [1.29, 1.82) is 0 Å². The molecule has 0 aromatic heterocycles. The lowest BCUT2D eigenvalue weighted by atomic mass is 10.1. The van der Waals surface area contributed by atoms with Gasteiger partial charge in [0.25, 0.3) is 0 Å².